The number of para-hydroxylation sites is 2. The maximum atomic E-state index is 6.38. The summed E-state index contributed by atoms with van der Waals surface area (Å²) in [5.41, 5.74) is 2.84. The highest BCUT2D eigenvalue weighted by atomic mass is 79.9. The van der Waals surface area contributed by atoms with Crippen LogP contribution in [0.5, 0.6) is 11.5 Å². The molecule has 2 aromatic heterocycles. The third-order valence-electron chi connectivity index (χ3n) is 5.40. The second-order valence-electron chi connectivity index (χ2n) is 7.37. The SMILES string of the molecule is Brc1ccccc1Oc1cc2ccccc2nc1-c1ccc2sc3ccccc3c2c1. The first-order chi connectivity index (χ1) is 15.3. The Morgan fingerprint density at radius 2 is 1.45 bits per heavy atom. The number of thiophene rings is 1. The van der Waals surface area contributed by atoms with E-state index in [-0.39, 0.29) is 0 Å². The molecule has 0 aliphatic heterocycles. The maximum absolute atomic E-state index is 6.38. The molecule has 0 aliphatic rings. The first kappa shape index (κ1) is 18.6. The average Bonchev–Trinajstić information content (AvgIpc) is 3.18. The van der Waals surface area contributed by atoms with Gasteiger partial charge in [0.25, 0.3) is 0 Å². The number of pyridine rings is 1. The molecule has 6 aromatic rings. The Morgan fingerprint density at radius 3 is 2.39 bits per heavy atom. The van der Waals surface area contributed by atoms with E-state index in [9.17, 15) is 0 Å². The zero-order valence-corrected chi connectivity index (χ0v) is 18.8. The molecule has 0 unspecified atom stereocenters. The van der Waals surface area contributed by atoms with E-state index in [1.807, 2.05) is 53.8 Å². The summed E-state index contributed by atoms with van der Waals surface area (Å²) in [7, 11) is 0. The summed E-state index contributed by atoms with van der Waals surface area (Å²) >= 11 is 5.41. The van der Waals surface area contributed by atoms with Crippen molar-refractivity contribution in [3.63, 3.8) is 0 Å². The van der Waals surface area contributed by atoms with Crippen molar-refractivity contribution in [2.75, 3.05) is 0 Å². The number of hydrogen-bond acceptors (Lipinski definition) is 3. The lowest BCUT2D eigenvalue weighted by Gasteiger charge is -2.13. The third-order valence-corrected chi connectivity index (χ3v) is 7.20. The highest BCUT2D eigenvalue weighted by Gasteiger charge is 2.15. The Labute approximate surface area is 191 Å². The van der Waals surface area contributed by atoms with Gasteiger partial charge < -0.3 is 4.74 Å². The van der Waals surface area contributed by atoms with Gasteiger partial charge in [-0.2, -0.15) is 0 Å². The maximum Gasteiger partial charge on any atom is 0.154 e. The lowest BCUT2D eigenvalue weighted by Crippen LogP contribution is -1.93. The topological polar surface area (TPSA) is 22.1 Å². The van der Waals surface area contributed by atoms with E-state index in [0.29, 0.717) is 0 Å². The predicted molar refractivity (Wildman–Crippen MR) is 134 cm³/mol. The fourth-order valence-electron chi connectivity index (χ4n) is 3.90. The number of ether oxygens (including phenoxy) is 1. The van der Waals surface area contributed by atoms with Gasteiger partial charge in [-0.05, 0) is 58.4 Å². The molecule has 4 aromatic carbocycles. The van der Waals surface area contributed by atoms with Crippen LogP contribution >= 0.6 is 27.3 Å². The van der Waals surface area contributed by atoms with Crippen LogP contribution in [-0.2, 0) is 0 Å². The van der Waals surface area contributed by atoms with Crippen molar-refractivity contribution in [2.45, 2.75) is 0 Å². The Balaban J connectivity index is 1.58. The largest absolute Gasteiger partial charge is 0.454 e. The van der Waals surface area contributed by atoms with E-state index in [4.69, 9.17) is 9.72 Å². The van der Waals surface area contributed by atoms with Gasteiger partial charge in [-0.15, -0.1) is 11.3 Å². The number of hydrogen-bond donors (Lipinski definition) is 0. The monoisotopic (exact) mass is 481 g/mol. The molecule has 0 radical (unpaired) electrons. The van der Waals surface area contributed by atoms with E-state index < -0.39 is 0 Å². The van der Waals surface area contributed by atoms with Crippen molar-refractivity contribution < 1.29 is 4.74 Å². The normalized spacial score (nSPS) is 11.4. The molecule has 0 N–H and O–H groups in total. The van der Waals surface area contributed by atoms with E-state index in [1.54, 1.807) is 0 Å². The summed E-state index contributed by atoms with van der Waals surface area (Å²) in [4.78, 5) is 5.01. The number of halogens is 1. The van der Waals surface area contributed by atoms with Crippen LogP contribution in [0, 0.1) is 0 Å². The smallest absolute Gasteiger partial charge is 0.154 e. The number of nitrogens with zero attached hydrogens (tertiary/aromatic N) is 1. The van der Waals surface area contributed by atoms with Gasteiger partial charge in [0.15, 0.2) is 5.75 Å². The Kier molecular flexibility index (Phi) is 4.48. The van der Waals surface area contributed by atoms with Crippen LogP contribution in [0.3, 0.4) is 0 Å². The Morgan fingerprint density at radius 1 is 0.677 bits per heavy atom. The lowest BCUT2D eigenvalue weighted by atomic mass is 10.0. The van der Waals surface area contributed by atoms with E-state index in [2.05, 4.69) is 70.5 Å². The molecule has 0 saturated heterocycles. The predicted octanol–water partition coefficient (Wildman–Crippen LogP) is 8.82. The standard InChI is InChI=1S/C27H16BrNOS/c28-21-9-3-5-11-23(21)30-24-16-17-7-1-4-10-22(17)29-27(24)18-13-14-26-20(15-18)19-8-2-6-12-25(19)31-26/h1-16H. The third kappa shape index (κ3) is 3.29. The molecule has 0 aliphatic carbocycles. The lowest BCUT2D eigenvalue weighted by molar-refractivity contribution is 0.480. The molecule has 4 heteroatoms. The van der Waals surface area contributed by atoms with E-state index in [1.165, 1.54) is 20.2 Å². The van der Waals surface area contributed by atoms with Gasteiger partial charge in [0.1, 0.15) is 11.4 Å². The van der Waals surface area contributed by atoms with Crippen molar-refractivity contribution in [3.05, 3.63) is 102 Å². The number of aromatic nitrogens is 1. The summed E-state index contributed by atoms with van der Waals surface area (Å²) in [6.07, 6.45) is 0. The van der Waals surface area contributed by atoms with E-state index in [0.717, 1.165) is 38.1 Å². The minimum atomic E-state index is 0.740. The van der Waals surface area contributed by atoms with Crippen LogP contribution in [0.2, 0.25) is 0 Å². The second-order valence-corrected chi connectivity index (χ2v) is 9.31. The van der Waals surface area contributed by atoms with Gasteiger partial charge in [0, 0.05) is 31.1 Å². The van der Waals surface area contributed by atoms with Crippen molar-refractivity contribution in [3.8, 4) is 22.8 Å². The first-order valence-electron chi connectivity index (χ1n) is 10.0. The minimum Gasteiger partial charge on any atom is -0.454 e. The number of benzene rings is 4. The number of rotatable bonds is 3. The molecule has 31 heavy (non-hydrogen) atoms. The molecule has 2 heterocycles. The van der Waals surface area contributed by atoms with Gasteiger partial charge in [-0.3, -0.25) is 0 Å². The van der Waals surface area contributed by atoms with Gasteiger partial charge >= 0.3 is 0 Å². The Hall–Kier alpha value is -3.21. The second kappa shape index (κ2) is 7.49. The van der Waals surface area contributed by atoms with Crippen LogP contribution in [0.15, 0.2) is 102 Å². The first-order valence-corrected chi connectivity index (χ1v) is 11.6. The van der Waals surface area contributed by atoms with Crippen LogP contribution in [0.25, 0.3) is 42.3 Å². The minimum absolute atomic E-state index is 0.740. The van der Waals surface area contributed by atoms with Gasteiger partial charge in [0.05, 0.1) is 9.99 Å². The molecule has 0 atom stereocenters. The molecule has 0 spiro atoms. The zero-order valence-electron chi connectivity index (χ0n) is 16.4. The van der Waals surface area contributed by atoms with Gasteiger partial charge in [-0.1, -0.05) is 54.6 Å². The summed E-state index contributed by atoms with van der Waals surface area (Å²) in [5.74, 6) is 1.51. The molecule has 0 amide bonds. The Bertz CT molecular complexity index is 1590. The van der Waals surface area contributed by atoms with Crippen molar-refractivity contribution >= 4 is 58.3 Å². The molecule has 0 saturated carbocycles. The van der Waals surface area contributed by atoms with Crippen molar-refractivity contribution in [1.82, 2.24) is 4.98 Å². The summed E-state index contributed by atoms with van der Waals surface area (Å²) in [6, 6.07) is 33.2. The average molecular weight is 482 g/mol. The van der Waals surface area contributed by atoms with Crippen LogP contribution in [0.4, 0.5) is 0 Å². The fourth-order valence-corrected chi connectivity index (χ4v) is 5.35. The highest BCUT2D eigenvalue weighted by Crippen LogP contribution is 2.40. The summed E-state index contributed by atoms with van der Waals surface area (Å²) in [5, 5.41) is 3.58. The van der Waals surface area contributed by atoms with Crippen LogP contribution in [0.1, 0.15) is 0 Å². The van der Waals surface area contributed by atoms with Crippen LogP contribution in [-0.4, -0.2) is 4.98 Å². The number of fused-ring (bicyclic) bond motifs is 4. The van der Waals surface area contributed by atoms with E-state index >= 15 is 0 Å². The van der Waals surface area contributed by atoms with Gasteiger partial charge in [0.2, 0.25) is 0 Å². The van der Waals surface area contributed by atoms with Crippen LogP contribution < -0.4 is 4.74 Å². The molecule has 148 valence electrons. The summed E-state index contributed by atoms with van der Waals surface area (Å²) < 4.78 is 9.86. The molecule has 0 fully saturated rings. The summed E-state index contributed by atoms with van der Waals surface area (Å²) in [6.45, 7) is 0. The van der Waals surface area contributed by atoms with Crippen molar-refractivity contribution in [2.24, 2.45) is 0 Å². The zero-order chi connectivity index (χ0) is 20.8. The molecule has 6 rings (SSSR count). The molecule has 0 bridgehead atoms. The van der Waals surface area contributed by atoms with Gasteiger partial charge in [-0.25, -0.2) is 4.98 Å². The molecule has 2 nitrogen and oxygen atoms in total. The molecular weight excluding hydrogens is 466 g/mol. The quantitative estimate of drug-likeness (QED) is 0.251. The van der Waals surface area contributed by atoms with Crippen molar-refractivity contribution in [1.29, 1.82) is 0 Å². The molecular formula is C27H16BrNOS. The highest BCUT2D eigenvalue weighted by molar-refractivity contribution is 9.10. The fraction of sp³-hybridized carbons (Fsp3) is 0.